The number of unbranched alkanes of at least 4 members (excludes halogenated alkanes) is 2. The van der Waals surface area contributed by atoms with Crippen LogP contribution in [-0.4, -0.2) is 35.1 Å². The Hall–Kier alpha value is -1.08. The van der Waals surface area contributed by atoms with Gasteiger partial charge in [0.2, 0.25) is 5.89 Å². The van der Waals surface area contributed by atoms with Gasteiger partial charge in [-0.2, -0.15) is 0 Å². The van der Waals surface area contributed by atoms with Gasteiger partial charge in [0, 0.05) is 6.42 Å². The molecule has 0 radical (unpaired) electrons. The lowest BCUT2D eigenvalue weighted by Crippen LogP contribution is -2.50. The largest absolute Gasteiger partial charge is 0.465 e. The summed E-state index contributed by atoms with van der Waals surface area (Å²) in [5.74, 6) is 0.569. The lowest BCUT2D eigenvalue weighted by molar-refractivity contribution is -0.368. The predicted octanol–water partition coefficient (Wildman–Crippen LogP) is 0.679. The van der Waals surface area contributed by atoms with E-state index in [2.05, 4.69) is 15.9 Å². The van der Waals surface area contributed by atoms with Crippen molar-refractivity contribution in [2.75, 3.05) is 18.9 Å². The Kier molecular flexibility index (Phi) is 7.43. The van der Waals surface area contributed by atoms with Crippen molar-refractivity contribution in [3.8, 4) is 0 Å². The van der Waals surface area contributed by atoms with Crippen LogP contribution in [0.2, 0.25) is 0 Å². The van der Waals surface area contributed by atoms with Crippen molar-refractivity contribution in [1.29, 1.82) is 0 Å². The molecule has 1 aromatic rings. The highest BCUT2D eigenvalue weighted by atomic mass is 32.2. The van der Waals surface area contributed by atoms with Crippen LogP contribution < -0.4 is 5.73 Å². The fourth-order valence-corrected chi connectivity index (χ4v) is 1.93. The van der Waals surface area contributed by atoms with Crippen LogP contribution in [0, 0.1) is 0 Å². The van der Waals surface area contributed by atoms with Gasteiger partial charge in [0.05, 0.1) is 13.2 Å². The number of rotatable bonds is 9. The van der Waals surface area contributed by atoms with Gasteiger partial charge in [0.25, 0.3) is 5.22 Å². The highest BCUT2D eigenvalue weighted by Gasteiger charge is 2.09. The van der Waals surface area contributed by atoms with Crippen molar-refractivity contribution in [2.24, 2.45) is 0 Å². The minimum absolute atomic E-state index is 0.205. The second-order valence-corrected chi connectivity index (χ2v) is 4.65. The first kappa shape index (κ1) is 15.0. The number of hydrogen-bond acceptors (Lipinski definition) is 6. The molecule has 0 aliphatic rings. The molecular formula is C11H20N3O3S+. The zero-order chi connectivity index (χ0) is 13.2. The average Bonchev–Trinajstić information content (AvgIpc) is 2.81. The van der Waals surface area contributed by atoms with E-state index >= 15 is 0 Å². The summed E-state index contributed by atoms with van der Waals surface area (Å²) in [5.41, 5.74) is 3.79. The van der Waals surface area contributed by atoms with Crippen LogP contribution in [0.1, 0.15) is 32.1 Å². The summed E-state index contributed by atoms with van der Waals surface area (Å²) < 4.78 is 10.2. The predicted molar refractivity (Wildman–Crippen MR) is 67.0 cm³/mol. The Morgan fingerprint density at radius 2 is 2.22 bits per heavy atom. The summed E-state index contributed by atoms with van der Waals surface area (Å²) in [6.45, 7) is 3.13. The Balaban J connectivity index is 2.23. The lowest BCUT2D eigenvalue weighted by Gasteiger charge is -1.98. The average molecular weight is 274 g/mol. The van der Waals surface area contributed by atoms with Gasteiger partial charge in [0.15, 0.2) is 0 Å². The summed E-state index contributed by atoms with van der Waals surface area (Å²) in [4.78, 5) is 11.1. The Morgan fingerprint density at radius 3 is 2.94 bits per heavy atom. The fraction of sp³-hybridized carbons (Fsp3) is 0.727. The molecule has 1 aromatic heterocycles. The maximum Gasteiger partial charge on any atom is 0.316 e. The van der Waals surface area contributed by atoms with E-state index in [-0.39, 0.29) is 11.7 Å². The van der Waals surface area contributed by atoms with E-state index in [1.165, 1.54) is 11.8 Å². The third kappa shape index (κ3) is 6.02. The van der Waals surface area contributed by atoms with Crippen LogP contribution in [0.25, 0.3) is 0 Å². The number of carbonyl (C=O) groups excluding carboxylic acids is 1. The van der Waals surface area contributed by atoms with E-state index in [9.17, 15) is 4.79 Å². The molecule has 0 fully saturated rings. The monoisotopic (exact) mass is 274 g/mol. The first-order valence-electron chi connectivity index (χ1n) is 6.16. The van der Waals surface area contributed by atoms with E-state index in [0.717, 1.165) is 32.2 Å². The topological polar surface area (TPSA) is 92.9 Å². The van der Waals surface area contributed by atoms with Crippen molar-refractivity contribution in [2.45, 2.75) is 37.8 Å². The normalized spacial score (nSPS) is 10.6. The number of aromatic nitrogens is 2. The summed E-state index contributed by atoms with van der Waals surface area (Å²) in [6, 6.07) is 0. The summed E-state index contributed by atoms with van der Waals surface area (Å²) in [5, 5.41) is 8.23. The van der Waals surface area contributed by atoms with Crippen LogP contribution in [0.5, 0.6) is 0 Å². The molecule has 3 N–H and O–H groups in total. The number of quaternary nitrogens is 1. The van der Waals surface area contributed by atoms with Gasteiger partial charge in [-0.15, -0.1) is 10.2 Å². The van der Waals surface area contributed by atoms with Crippen molar-refractivity contribution >= 4 is 17.7 Å². The van der Waals surface area contributed by atoms with Gasteiger partial charge < -0.3 is 14.9 Å². The van der Waals surface area contributed by atoms with Crippen molar-refractivity contribution in [3.63, 3.8) is 0 Å². The first-order chi connectivity index (χ1) is 8.76. The fourth-order valence-electron chi connectivity index (χ4n) is 1.35. The smallest absolute Gasteiger partial charge is 0.316 e. The molecule has 0 amide bonds. The summed E-state index contributed by atoms with van der Waals surface area (Å²) in [7, 11) is 0. The van der Waals surface area contributed by atoms with Gasteiger partial charge in [-0.05, 0) is 26.2 Å². The summed E-state index contributed by atoms with van der Waals surface area (Å²) >= 11 is 1.21. The van der Waals surface area contributed by atoms with E-state index in [1.54, 1.807) is 6.92 Å². The number of thioether (sulfide) groups is 1. The van der Waals surface area contributed by atoms with E-state index in [1.807, 2.05) is 0 Å². The SMILES string of the molecule is CCOC(=O)CSc1nnc(CCCCC[NH3+])o1. The van der Waals surface area contributed by atoms with Gasteiger partial charge in [-0.25, -0.2) is 0 Å². The molecule has 7 heteroatoms. The van der Waals surface area contributed by atoms with E-state index < -0.39 is 0 Å². The zero-order valence-electron chi connectivity index (χ0n) is 10.7. The third-order valence-corrected chi connectivity index (χ3v) is 3.00. The quantitative estimate of drug-likeness (QED) is 0.404. The molecule has 102 valence electrons. The van der Waals surface area contributed by atoms with Gasteiger partial charge in [0.1, 0.15) is 5.75 Å². The number of ether oxygens (including phenoxy) is 1. The molecule has 0 aliphatic carbocycles. The van der Waals surface area contributed by atoms with Crippen LogP contribution in [0.4, 0.5) is 0 Å². The van der Waals surface area contributed by atoms with Crippen LogP contribution in [0.3, 0.4) is 0 Å². The molecule has 0 aliphatic heterocycles. The number of hydrogen-bond donors (Lipinski definition) is 1. The molecule has 0 bridgehead atoms. The van der Waals surface area contributed by atoms with E-state index in [0.29, 0.717) is 17.7 Å². The number of esters is 1. The molecule has 1 rings (SSSR count). The second kappa shape index (κ2) is 8.93. The lowest BCUT2D eigenvalue weighted by atomic mass is 10.2. The maximum absolute atomic E-state index is 11.1. The molecule has 18 heavy (non-hydrogen) atoms. The van der Waals surface area contributed by atoms with Crippen LogP contribution in [-0.2, 0) is 16.0 Å². The molecule has 0 atom stereocenters. The molecule has 0 saturated carbocycles. The second-order valence-electron chi connectivity index (χ2n) is 3.72. The minimum Gasteiger partial charge on any atom is -0.465 e. The van der Waals surface area contributed by atoms with Crippen molar-refractivity contribution in [1.82, 2.24) is 10.2 Å². The number of aryl methyl sites for hydroxylation is 1. The van der Waals surface area contributed by atoms with Crippen LogP contribution in [0.15, 0.2) is 9.64 Å². The van der Waals surface area contributed by atoms with E-state index in [4.69, 9.17) is 9.15 Å². The molecule has 1 heterocycles. The van der Waals surface area contributed by atoms with Crippen molar-refractivity contribution < 1.29 is 19.7 Å². The molecule has 0 unspecified atom stereocenters. The molecule has 6 nitrogen and oxygen atoms in total. The Bertz CT molecular complexity index is 357. The molecular weight excluding hydrogens is 254 g/mol. The molecule has 0 spiro atoms. The molecule has 0 saturated heterocycles. The number of carbonyl (C=O) groups is 1. The third-order valence-electron chi connectivity index (χ3n) is 2.21. The van der Waals surface area contributed by atoms with Gasteiger partial charge in [-0.1, -0.05) is 11.8 Å². The van der Waals surface area contributed by atoms with Gasteiger partial charge in [-0.3, -0.25) is 4.79 Å². The molecule has 0 aromatic carbocycles. The Morgan fingerprint density at radius 1 is 1.39 bits per heavy atom. The number of nitrogens with zero attached hydrogens (tertiary/aromatic N) is 2. The Labute approximate surface area is 111 Å². The minimum atomic E-state index is -0.266. The first-order valence-corrected chi connectivity index (χ1v) is 7.14. The van der Waals surface area contributed by atoms with Crippen LogP contribution >= 0.6 is 11.8 Å². The standard InChI is InChI=1S/C11H19N3O3S/c1-2-16-10(15)8-18-11-14-13-9(17-11)6-4-3-5-7-12/h2-8,12H2,1H3/p+1. The highest BCUT2D eigenvalue weighted by Crippen LogP contribution is 2.17. The summed E-state index contributed by atoms with van der Waals surface area (Å²) in [6.07, 6.45) is 4.06. The van der Waals surface area contributed by atoms with Crippen molar-refractivity contribution in [3.05, 3.63) is 5.89 Å². The zero-order valence-corrected chi connectivity index (χ0v) is 11.5. The van der Waals surface area contributed by atoms with Gasteiger partial charge >= 0.3 is 5.97 Å². The maximum atomic E-state index is 11.1. The highest BCUT2D eigenvalue weighted by molar-refractivity contribution is 7.99.